The number of hydrogen-bond donors (Lipinski definition) is 4. The van der Waals surface area contributed by atoms with Gasteiger partial charge in [0.2, 0.25) is 0 Å². The highest BCUT2D eigenvalue weighted by atomic mass is 16.5. The molecule has 4 aromatic rings. The van der Waals surface area contributed by atoms with E-state index in [1.807, 2.05) is 55.8 Å². The summed E-state index contributed by atoms with van der Waals surface area (Å²) in [6.45, 7) is 4.05. The number of anilines is 3. The van der Waals surface area contributed by atoms with Crippen LogP contribution in [-0.4, -0.2) is 109 Å². The van der Waals surface area contributed by atoms with Gasteiger partial charge < -0.3 is 40.8 Å². The van der Waals surface area contributed by atoms with Gasteiger partial charge in [-0.15, -0.1) is 0 Å². The average molecular weight is 650 g/mol. The van der Waals surface area contributed by atoms with Gasteiger partial charge >= 0.3 is 6.03 Å². The van der Waals surface area contributed by atoms with Gasteiger partial charge in [0.05, 0.1) is 31.4 Å². The second kappa shape index (κ2) is 14.7. The number of amides is 3. The number of benzene rings is 2. The molecule has 2 aromatic carbocycles. The standard InChI is InChI=1S/C35H40N10O3/c1-37-20-26(19-36)25-18-30-31(38-21-25)33(44-14-16-48-17-15-44)42-32(41-30)23-4-8-27(9-5-23)39-35(47)40-28-10-6-24(7-11-28)34(46)45-13-12-29(22-45)43(2)3/h4-11,18-21,29,36-37H,12-17,22H2,1-3H3,(H2,39,40,47)/p+1/b26-20+,36-19?/t29-/m1/s1. The molecule has 0 radical (unpaired) electrons. The van der Waals surface area contributed by atoms with Crippen LogP contribution in [0, 0.1) is 5.41 Å². The highest BCUT2D eigenvalue weighted by Crippen LogP contribution is 2.29. The molecule has 1 atom stereocenters. The fraction of sp³-hybridized carbons (Fsp3) is 0.314. The van der Waals surface area contributed by atoms with Crippen molar-refractivity contribution in [2.24, 2.45) is 0 Å². The summed E-state index contributed by atoms with van der Waals surface area (Å²) in [5, 5.41) is 15.4. The van der Waals surface area contributed by atoms with E-state index in [4.69, 9.17) is 25.1 Å². The molecule has 2 saturated heterocycles. The van der Waals surface area contributed by atoms with E-state index < -0.39 is 6.03 Å². The third-order valence-corrected chi connectivity index (χ3v) is 8.63. The van der Waals surface area contributed by atoms with Crippen LogP contribution in [0.1, 0.15) is 22.3 Å². The van der Waals surface area contributed by atoms with Crippen molar-refractivity contribution in [1.82, 2.24) is 24.8 Å². The fourth-order valence-corrected chi connectivity index (χ4v) is 5.92. The summed E-state index contributed by atoms with van der Waals surface area (Å²) in [4.78, 5) is 46.5. The number of nitrogens with one attached hydrogen (secondary N) is 3. The molecule has 0 spiro atoms. The predicted molar refractivity (Wildman–Crippen MR) is 187 cm³/mol. The van der Waals surface area contributed by atoms with E-state index in [9.17, 15) is 9.59 Å². The largest absolute Gasteiger partial charge is 0.378 e. The maximum Gasteiger partial charge on any atom is 0.323 e. The molecule has 2 aliphatic heterocycles. The molecule has 2 fully saturated rings. The van der Waals surface area contributed by atoms with Gasteiger partial charge in [0.25, 0.3) is 5.91 Å². The molecule has 248 valence electrons. The molecule has 3 amide bonds. The van der Waals surface area contributed by atoms with Crippen LogP contribution in [0.5, 0.6) is 0 Å². The summed E-state index contributed by atoms with van der Waals surface area (Å²) in [5.41, 5.74) is 5.46. The first-order chi connectivity index (χ1) is 23.3. The highest BCUT2D eigenvalue weighted by Gasteiger charge is 2.28. The summed E-state index contributed by atoms with van der Waals surface area (Å²) in [7, 11) is 5.98. The van der Waals surface area contributed by atoms with Crippen molar-refractivity contribution >= 4 is 52.0 Å². The molecule has 48 heavy (non-hydrogen) atoms. The summed E-state index contributed by atoms with van der Waals surface area (Å²) in [6.07, 6.45) is 5.89. The number of quaternary nitrogens is 1. The molecule has 2 aliphatic rings. The minimum Gasteiger partial charge on any atom is -0.378 e. The van der Waals surface area contributed by atoms with Crippen LogP contribution >= 0.6 is 0 Å². The van der Waals surface area contributed by atoms with Crippen LogP contribution < -0.4 is 20.9 Å². The Morgan fingerprint density at radius 3 is 2.29 bits per heavy atom. The molecule has 13 nitrogen and oxygen atoms in total. The summed E-state index contributed by atoms with van der Waals surface area (Å²) < 4.78 is 5.57. The van der Waals surface area contributed by atoms with Gasteiger partial charge in [0.15, 0.2) is 11.6 Å². The number of hydrogen-bond acceptors (Lipinski definition) is 9. The Morgan fingerprint density at radius 1 is 0.979 bits per heavy atom. The van der Waals surface area contributed by atoms with Gasteiger partial charge in [-0.05, 0) is 75.1 Å². The van der Waals surface area contributed by atoms with Gasteiger partial charge in [0.1, 0.15) is 11.7 Å². The third-order valence-electron chi connectivity index (χ3n) is 8.63. The highest BCUT2D eigenvalue weighted by molar-refractivity contribution is 6.08. The number of allylic oxidation sites excluding steroid dienone is 1. The summed E-state index contributed by atoms with van der Waals surface area (Å²) >= 11 is 0. The van der Waals surface area contributed by atoms with Crippen molar-refractivity contribution in [3.05, 3.63) is 78.1 Å². The number of morpholine rings is 1. The van der Waals surface area contributed by atoms with Gasteiger partial charge in [0, 0.05) is 72.7 Å². The number of rotatable bonds is 9. The molecular weight excluding hydrogens is 608 g/mol. The SMILES string of the molecule is C[NH2+]/C=C(\C=N)c1cnc2c(N3CCOCC3)nc(-c3ccc(NC(=O)Nc4ccc(C(=O)N5CC[C@@H](N(C)C)C5)cc4)cc3)nc2c1. The van der Waals surface area contributed by atoms with Gasteiger partial charge in [-0.1, -0.05) is 0 Å². The van der Waals surface area contributed by atoms with E-state index in [-0.39, 0.29) is 5.91 Å². The Kier molecular flexibility index (Phi) is 9.99. The zero-order valence-corrected chi connectivity index (χ0v) is 27.4. The van der Waals surface area contributed by atoms with Crippen molar-refractivity contribution in [3.63, 3.8) is 0 Å². The van der Waals surface area contributed by atoms with Crippen molar-refractivity contribution in [3.8, 4) is 11.4 Å². The van der Waals surface area contributed by atoms with Crippen molar-refractivity contribution < 1.29 is 19.6 Å². The number of carbonyl (C=O) groups is 2. The normalized spacial score (nSPS) is 16.8. The zero-order valence-electron chi connectivity index (χ0n) is 27.4. The number of nitrogens with zero attached hydrogens (tertiary/aromatic N) is 6. The van der Waals surface area contributed by atoms with Crippen LogP contribution in [0.25, 0.3) is 28.0 Å². The Bertz CT molecular complexity index is 1820. The molecule has 6 rings (SSSR count). The van der Waals surface area contributed by atoms with E-state index >= 15 is 0 Å². The summed E-state index contributed by atoms with van der Waals surface area (Å²) in [5.74, 6) is 1.27. The molecule has 5 N–H and O–H groups in total. The molecule has 0 bridgehead atoms. The molecule has 0 unspecified atom stereocenters. The lowest BCUT2D eigenvalue weighted by Crippen LogP contribution is -2.72. The smallest absolute Gasteiger partial charge is 0.323 e. The maximum absolute atomic E-state index is 12.9. The van der Waals surface area contributed by atoms with Gasteiger partial charge in [-0.25, -0.2) is 14.8 Å². The van der Waals surface area contributed by atoms with Crippen LogP contribution in [0.4, 0.5) is 22.0 Å². The molecular formula is C35H41N10O3+. The topological polar surface area (TPSA) is 156 Å². The van der Waals surface area contributed by atoms with E-state index in [1.54, 1.807) is 42.6 Å². The van der Waals surface area contributed by atoms with E-state index in [0.717, 1.165) is 42.0 Å². The monoisotopic (exact) mass is 649 g/mol. The molecule has 13 heteroatoms. The Labute approximate surface area is 279 Å². The second-order valence-corrected chi connectivity index (χ2v) is 12.1. The lowest BCUT2D eigenvalue weighted by atomic mass is 10.1. The number of nitrogens with two attached hydrogens (primary N) is 1. The number of carbonyl (C=O) groups excluding carboxylic acids is 2. The Morgan fingerprint density at radius 2 is 1.67 bits per heavy atom. The number of pyridine rings is 1. The minimum absolute atomic E-state index is 0.00250. The molecule has 4 heterocycles. The lowest BCUT2D eigenvalue weighted by Gasteiger charge is -2.28. The van der Waals surface area contributed by atoms with E-state index in [1.165, 1.54) is 6.21 Å². The molecule has 0 saturated carbocycles. The molecule has 2 aromatic heterocycles. The quantitative estimate of drug-likeness (QED) is 0.202. The first kappa shape index (κ1) is 32.7. The fourth-order valence-electron chi connectivity index (χ4n) is 5.92. The number of aromatic nitrogens is 3. The zero-order chi connectivity index (χ0) is 33.6. The van der Waals surface area contributed by atoms with Crippen LogP contribution in [0.15, 0.2) is 67.0 Å². The third kappa shape index (κ3) is 7.33. The number of likely N-dealkylation sites (tertiary alicyclic amines) is 1. The Balaban J connectivity index is 1.16. The van der Waals surface area contributed by atoms with E-state index in [0.29, 0.717) is 66.1 Å². The summed E-state index contributed by atoms with van der Waals surface area (Å²) in [6, 6.07) is 16.2. The van der Waals surface area contributed by atoms with Crippen molar-refractivity contribution in [2.75, 3.05) is 76.1 Å². The molecule has 0 aliphatic carbocycles. The number of likely N-dealkylation sites (N-methyl/N-ethyl adjacent to an activating group) is 1. The van der Waals surface area contributed by atoms with Gasteiger partial charge in [-0.3, -0.25) is 9.78 Å². The van der Waals surface area contributed by atoms with Crippen LogP contribution in [-0.2, 0) is 4.74 Å². The predicted octanol–water partition coefficient (Wildman–Crippen LogP) is 3.13. The van der Waals surface area contributed by atoms with Crippen molar-refractivity contribution in [1.29, 1.82) is 5.41 Å². The van der Waals surface area contributed by atoms with Crippen molar-refractivity contribution in [2.45, 2.75) is 12.5 Å². The van der Waals surface area contributed by atoms with Crippen LogP contribution in [0.3, 0.4) is 0 Å². The lowest BCUT2D eigenvalue weighted by molar-refractivity contribution is -0.555. The maximum atomic E-state index is 12.9. The number of ether oxygens (including phenoxy) is 1. The van der Waals surface area contributed by atoms with Gasteiger partial charge in [-0.2, -0.15) is 0 Å². The first-order valence-corrected chi connectivity index (χ1v) is 16.1. The second-order valence-electron chi connectivity index (χ2n) is 12.1. The minimum atomic E-state index is -0.398. The number of fused-ring (bicyclic) bond motifs is 1. The van der Waals surface area contributed by atoms with E-state index in [2.05, 4.69) is 20.4 Å². The average Bonchev–Trinajstić information content (AvgIpc) is 3.62. The Hall–Kier alpha value is -5.24. The first-order valence-electron chi connectivity index (χ1n) is 16.1. The van der Waals surface area contributed by atoms with Crippen LogP contribution in [0.2, 0.25) is 0 Å². The number of urea groups is 1.